The van der Waals surface area contributed by atoms with Gasteiger partial charge in [0.05, 0.1) is 12.6 Å². The Labute approximate surface area is 113 Å². The molecule has 0 spiro atoms. The summed E-state index contributed by atoms with van der Waals surface area (Å²) in [6.07, 6.45) is 3.98. The summed E-state index contributed by atoms with van der Waals surface area (Å²) in [4.78, 5) is 14.6. The van der Waals surface area contributed by atoms with Gasteiger partial charge < -0.3 is 14.8 Å². The Kier molecular flexibility index (Phi) is 3.05. The SMILES string of the molecule is CC1(C)CCCNC1C(=O)N1CCn2cnnc2C1. The predicted molar refractivity (Wildman–Crippen MR) is 70.2 cm³/mol. The summed E-state index contributed by atoms with van der Waals surface area (Å²) in [6, 6.07) is -0.0734. The topological polar surface area (TPSA) is 63.1 Å². The number of nitrogens with one attached hydrogen (secondary N) is 1. The van der Waals surface area contributed by atoms with E-state index in [4.69, 9.17) is 0 Å². The fourth-order valence-electron chi connectivity index (χ4n) is 3.07. The summed E-state index contributed by atoms with van der Waals surface area (Å²) < 4.78 is 2.02. The first-order chi connectivity index (χ1) is 9.08. The molecule has 1 aromatic rings. The van der Waals surface area contributed by atoms with Crippen LogP contribution >= 0.6 is 0 Å². The molecule has 3 rings (SSSR count). The van der Waals surface area contributed by atoms with Crippen LogP contribution in [-0.4, -0.2) is 44.7 Å². The van der Waals surface area contributed by atoms with Gasteiger partial charge in [0.1, 0.15) is 6.33 Å². The molecule has 1 N–H and O–H groups in total. The molecule has 6 heteroatoms. The highest BCUT2D eigenvalue weighted by atomic mass is 16.2. The van der Waals surface area contributed by atoms with Crippen molar-refractivity contribution in [3.63, 3.8) is 0 Å². The predicted octanol–water partition coefficient (Wildman–Crippen LogP) is 0.398. The highest BCUT2D eigenvalue weighted by molar-refractivity contribution is 5.83. The van der Waals surface area contributed by atoms with Crippen LogP contribution in [0.3, 0.4) is 0 Å². The normalized spacial score (nSPS) is 26.0. The number of piperidine rings is 1. The molecule has 1 saturated heterocycles. The molecule has 0 aliphatic carbocycles. The van der Waals surface area contributed by atoms with Crippen LogP contribution in [0.4, 0.5) is 0 Å². The number of nitrogens with zero attached hydrogens (tertiary/aromatic N) is 4. The van der Waals surface area contributed by atoms with Crippen LogP contribution < -0.4 is 5.32 Å². The van der Waals surface area contributed by atoms with Crippen LogP contribution in [0, 0.1) is 5.41 Å². The summed E-state index contributed by atoms with van der Waals surface area (Å²) >= 11 is 0. The molecule has 19 heavy (non-hydrogen) atoms. The van der Waals surface area contributed by atoms with Gasteiger partial charge in [0.2, 0.25) is 5.91 Å². The van der Waals surface area contributed by atoms with E-state index in [9.17, 15) is 4.79 Å². The lowest BCUT2D eigenvalue weighted by molar-refractivity contribution is -0.139. The molecule has 1 fully saturated rings. The number of amides is 1. The Morgan fingerprint density at radius 3 is 3.11 bits per heavy atom. The molecule has 1 unspecified atom stereocenters. The molecular weight excluding hydrogens is 242 g/mol. The van der Waals surface area contributed by atoms with Crippen LogP contribution in [0.25, 0.3) is 0 Å². The Morgan fingerprint density at radius 2 is 2.32 bits per heavy atom. The van der Waals surface area contributed by atoms with Crippen molar-refractivity contribution in [3.8, 4) is 0 Å². The third-order valence-electron chi connectivity index (χ3n) is 4.33. The van der Waals surface area contributed by atoms with E-state index >= 15 is 0 Å². The molecule has 0 bridgehead atoms. The van der Waals surface area contributed by atoms with Gasteiger partial charge in [-0.3, -0.25) is 4.79 Å². The van der Waals surface area contributed by atoms with E-state index < -0.39 is 0 Å². The second kappa shape index (κ2) is 4.59. The monoisotopic (exact) mass is 263 g/mol. The Morgan fingerprint density at radius 1 is 1.47 bits per heavy atom. The van der Waals surface area contributed by atoms with Crippen LogP contribution in [0.15, 0.2) is 6.33 Å². The van der Waals surface area contributed by atoms with Gasteiger partial charge in [0, 0.05) is 13.1 Å². The molecular formula is C13H21N5O. The van der Waals surface area contributed by atoms with Gasteiger partial charge >= 0.3 is 0 Å². The summed E-state index contributed by atoms with van der Waals surface area (Å²) in [6.45, 7) is 7.40. The highest BCUT2D eigenvalue weighted by Gasteiger charge is 2.39. The van der Waals surface area contributed by atoms with E-state index in [1.165, 1.54) is 0 Å². The minimum absolute atomic E-state index is 0.0282. The lowest BCUT2D eigenvalue weighted by Crippen LogP contribution is -2.57. The Hall–Kier alpha value is -1.43. The van der Waals surface area contributed by atoms with E-state index in [0.29, 0.717) is 6.54 Å². The fourth-order valence-corrected chi connectivity index (χ4v) is 3.07. The number of carbonyl (C=O) groups is 1. The third-order valence-corrected chi connectivity index (χ3v) is 4.33. The molecule has 1 amide bonds. The van der Waals surface area contributed by atoms with Crippen LogP contribution in [-0.2, 0) is 17.9 Å². The molecule has 0 radical (unpaired) electrons. The number of fused-ring (bicyclic) bond motifs is 1. The summed E-state index contributed by atoms with van der Waals surface area (Å²) in [5, 5.41) is 11.4. The second-order valence-corrected chi connectivity index (χ2v) is 6.18. The van der Waals surface area contributed by atoms with Crippen molar-refractivity contribution in [1.82, 2.24) is 25.0 Å². The van der Waals surface area contributed by atoms with Crippen molar-refractivity contribution in [2.75, 3.05) is 13.1 Å². The van der Waals surface area contributed by atoms with Crippen molar-refractivity contribution < 1.29 is 4.79 Å². The van der Waals surface area contributed by atoms with Crippen molar-refractivity contribution in [2.45, 2.75) is 45.8 Å². The van der Waals surface area contributed by atoms with Gasteiger partial charge in [-0.1, -0.05) is 13.8 Å². The minimum atomic E-state index is -0.0734. The first-order valence-electron chi connectivity index (χ1n) is 6.97. The van der Waals surface area contributed by atoms with Crippen LogP contribution in [0.1, 0.15) is 32.5 Å². The van der Waals surface area contributed by atoms with E-state index in [-0.39, 0.29) is 17.4 Å². The summed E-state index contributed by atoms with van der Waals surface area (Å²) in [5.74, 6) is 1.09. The number of hydrogen-bond donors (Lipinski definition) is 1. The molecule has 1 aromatic heterocycles. The first kappa shape index (κ1) is 12.6. The van der Waals surface area contributed by atoms with E-state index in [1.54, 1.807) is 6.33 Å². The first-order valence-corrected chi connectivity index (χ1v) is 6.97. The van der Waals surface area contributed by atoms with E-state index in [1.807, 2.05) is 9.47 Å². The van der Waals surface area contributed by atoms with Gasteiger partial charge in [0.15, 0.2) is 5.82 Å². The number of carbonyl (C=O) groups excluding carboxylic acids is 1. The maximum absolute atomic E-state index is 12.7. The lowest BCUT2D eigenvalue weighted by Gasteiger charge is -2.41. The highest BCUT2D eigenvalue weighted by Crippen LogP contribution is 2.31. The molecule has 3 heterocycles. The standard InChI is InChI=1S/C13H21N5O/c1-13(2)4-3-5-14-11(13)12(19)17-6-7-18-9-15-16-10(18)8-17/h9,11,14H,3-8H2,1-2H3. The molecule has 6 nitrogen and oxygen atoms in total. The van der Waals surface area contributed by atoms with Gasteiger partial charge in [-0.05, 0) is 24.8 Å². The summed E-state index contributed by atoms with van der Waals surface area (Å²) in [5.41, 5.74) is 0.0282. The number of rotatable bonds is 1. The number of hydrogen-bond acceptors (Lipinski definition) is 4. The Bertz CT molecular complexity index is 481. The average molecular weight is 263 g/mol. The Balaban J connectivity index is 1.74. The lowest BCUT2D eigenvalue weighted by atomic mass is 9.77. The quantitative estimate of drug-likeness (QED) is 0.796. The molecule has 2 aliphatic heterocycles. The molecule has 0 saturated carbocycles. The van der Waals surface area contributed by atoms with Crippen molar-refractivity contribution >= 4 is 5.91 Å². The zero-order valence-electron chi connectivity index (χ0n) is 11.6. The van der Waals surface area contributed by atoms with E-state index in [2.05, 4.69) is 29.4 Å². The fraction of sp³-hybridized carbons (Fsp3) is 0.769. The van der Waals surface area contributed by atoms with Crippen molar-refractivity contribution in [2.24, 2.45) is 5.41 Å². The third kappa shape index (κ3) is 2.25. The van der Waals surface area contributed by atoms with Gasteiger partial charge in [-0.2, -0.15) is 0 Å². The van der Waals surface area contributed by atoms with Crippen molar-refractivity contribution in [1.29, 1.82) is 0 Å². The largest absolute Gasteiger partial charge is 0.332 e. The average Bonchev–Trinajstić information content (AvgIpc) is 2.84. The molecule has 104 valence electrons. The van der Waals surface area contributed by atoms with Gasteiger partial charge in [0.25, 0.3) is 0 Å². The second-order valence-electron chi connectivity index (χ2n) is 6.18. The minimum Gasteiger partial charge on any atom is -0.332 e. The maximum atomic E-state index is 12.7. The molecule has 2 aliphatic rings. The van der Waals surface area contributed by atoms with Crippen LogP contribution in [0.2, 0.25) is 0 Å². The van der Waals surface area contributed by atoms with Crippen molar-refractivity contribution in [3.05, 3.63) is 12.2 Å². The van der Waals surface area contributed by atoms with E-state index in [0.717, 1.165) is 38.3 Å². The van der Waals surface area contributed by atoms with Gasteiger partial charge in [-0.15, -0.1) is 10.2 Å². The zero-order chi connectivity index (χ0) is 13.5. The number of aromatic nitrogens is 3. The molecule has 1 atom stereocenters. The van der Waals surface area contributed by atoms with Gasteiger partial charge in [-0.25, -0.2) is 0 Å². The smallest absolute Gasteiger partial charge is 0.240 e. The summed E-state index contributed by atoms with van der Waals surface area (Å²) in [7, 11) is 0. The maximum Gasteiger partial charge on any atom is 0.240 e. The van der Waals surface area contributed by atoms with Crippen LogP contribution in [0.5, 0.6) is 0 Å². The molecule has 0 aromatic carbocycles. The zero-order valence-corrected chi connectivity index (χ0v) is 11.6.